The number of carbonyl (C=O) groups is 1. The van der Waals surface area contributed by atoms with Crippen LogP contribution < -0.4 is 5.32 Å². The van der Waals surface area contributed by atoms with E-state index < -0.39 is 0 Å². The predicted molar refractivity (Wildman–Crippen MR) is 73.5 cm³/mol. The number of hydrogen-bond donors (Lipinski definition) is 2. The summed E-state index contributed by atoms with van der Waals surface area (Å²) in [7, 11) is 3.39. The van der Waals surface area contributed by atoms with Crippen molar-refractivity contribution in [1.29, 1.82) is 0 Å². The van der Waals surface area contributed by atoms with Crippen molar-refractivity contribution in [1.82, 2.24) is 15.1 Å². The summed E-state index contributed by atoms with van der Waals surface area (Å²) in [6, 6.07) is 1.45. The topological polar surface area (TPSA) is 76.4 Å². The fourth-order valence-electron chi connectivity index (χ4n) is 1.91. The molecule has 2 heterocycles. The Bertz CT molecular complexity index is 556. The van der Waals surface area contributed by atoms with Crippen LogP contribution in [0.3, 0.4) is 0 Å². The van der Waals surface area contributed by atoms with Gasteiger partial charge in [-0.15, -0.1) is 11.3 Å². The van der Waals surface area contributed by atoms with E-state index in [9.17, 15) is 4.79 Å². The highest BCUT2D eigenvalue weighted by atomic mass is 32.1. The summed E-state index contributed by atoms with van der Waals surface area (Å²) < 4.78 is 6.70. The van der Waals surface area contributed by atoms with Crippen LogP contribution in [0.25, 0.3) is 10.2 Å². The maximum atomic E-state index is 12.1. The molecule has 0 aliphatic rings. The van der Waals surface area contributed by atoms with Gasteiger partial charge in [-0.05, 0) is 13.0 Å². The highest BCUT2D eigenvalue weighted by molar-refractivity contribution is 7.20. The molecule has 2 aromatic heterocycles. The number of aromatic nitrogens is 2. The maximum Gasteiger partial charge on any atom is 0.261 e. The summed E-state index contributed by atoms with van der Waals surface area (Å²) in [5, 5.41) is 17.2. The zero-order valence-electron chi connectivity index (χ0n) is 11.1. The van der Waals surface area contributed by atoms with Crippen LogP contribution in [-0.4, -0.2) is 47.2 Å². The summed E-state index contributed by atoms with van der Waals surface area (Å²) >= 11 is 1.39. The molecule has 0 fully saturated rings. The van der Waals surface area contributed by atoms with E-state index in [2.05, 4.69) is 10.4 Å². The van der Waals surface area contributed by atoms with Gasteiger partial charge in [0.05, 0.1) is 29.8 Å². The minimum absolute atomic E-state index is 0.148. The molecule has 0 radical (unpaired) electrons. The molecule has 1 amide bonds. The Balaban J connectivity index is 2.19. The normalized spacial score (nSPS) is 12.8. The van der Waals surface area contributed by atoms with Crippen molar-refractivity contribution in [2.75, 3.05) is 20.3 Å². The molecule has 0 saturated heterocycles. The van der Waals surface area contributed by atoms with Gasteiger partial charge < -0.3 is 15.2 Å². The molecule has 1 atom stereocenters. The van der Waals surface area contributed by atoms with E-state index in [-0.39, 0.29) is 25.2 Å². The number of rotatable bonds is 5. The summed E-state index contributed by atoms with van der Waals surface area (Å²) in [6.45, 7) is 2.05. The number of nitrogens with one attached hydrogen (secondary N) is 1. The van der Waals surface area contributed by atoms with E-state index in [1.165, 1.54) is 18.4 Å². The van der Waals surface area contributed by atoms with Crippen LogP contribution in [-0.2, 0) is 11.8 Å². The summed E-state index contributed by atoms with van der Waals surface area (Å²) in [5.41, 5.74) is 0.906. The van der Waals surface area contributed by atoms with Gasteiger partial charge in [-0.3, -0.25) is 9.48 Å². The third-order valence-corrected chi connectivity index (χ3v) is 4.04. The minimum Gasteiger partial charge on any atom is -0.394 e. The van der Waals surface area contributed by atoms with Gasteiger partial charge in [0, 0.05) is 19.5 Å². The van der Waals surface area contributed by atoms with Gasteiger partial charge in [-0.1, -0.05) is 0 Å². The first-order chi connectivity index (χ1) is 9.06. The molecule has 0 spiro atoms. The number of aliphatic hydroxyl groups is 1. The largest absolute Gasteiger partial charge is 0.394 e. The van der Waals surface area contributed by atoms with E-state index >= 15 is 0 Å². The molecule has 2 N–H and O–H groups in total. The first-order valence-corrected chi connectivity index (χ1v) is 6.72. The first kappa shape index (κ1) is 14.0. The third kappa shape index (κ3) is 2.78. The number of fused-ring (bicyclic) bond motifs is 1. The highest BCUT2D eigenvalue weighted by Gasteiger charge is 2.17. The van der Waals surface area contributed by atoms with E-state index in [4.69, 9.17) is 9.84 Å². The molecule has 2 aromatic rings. The molecule has 19 heavy (non-hydrogen) atoms. The predicted octanol–water partition coefficient (Wildman–Crippen LogP) is 0.680. The molecule has 0 saturated carbocycles. The average Bonchev–Trinajstić information content (AvgIpc) is 2.92. The quantitative estimate of drug-likeness (QED) is 0.846. The van der Waals surface area contributed by atoms with Crippen molar-refractivity contribution in [3.05, 3.63) is 16.6 Å². The molecule has 0 aliphatic heterocycles. The number of thiophene rings is 1. The van der Waals surface area contributed by atoms with Crippen LogP contribution in [0, 0.1) is 6.92 Å². The molecule has 0 aromatic carbocycles. The SMILES string of the molecule is COCC(CO)NC(=O)c1cc2c(C)nn(C)c2s1. The number of carbonyl (C=O) groups excluding carboxylic acids is 1. The Hall–Kier alpha value is -1.44. The fraction of sp³-hybridized carbons (Fsp3) is 0.500. The molecule has 2 rings (SSSR count). The third-order valence-electron chi connectivity index (χ3n) is 2.84. The molecule has 1 unspecified atom stereocenters. The van der Waals surface area contributed by atoms with Crippen LogP contribution in [0.15, 0.2) is 6.07 Å². The van der Waals surface area contributed by atoms with E-state index in [1.807, 2.05) is 20.0 Å². The van der Waals surface area contributed by atoms with Crippen LogP contribution in [0.1, 0.15) is 15.4 Å². The Kier molecular flexibility index (Phi) is 4.18. The number of amides is 1. The van der Waals surface area contributed by atoms with Crippen LogP contribution in [0.2, 0.25) is 0 Å². The van der Waals surface area contributed by atoms with Crippen molar-refractivity contribution < 1.29 is 14.6 Å². The zero-order chi connectivity index (χ0) is 14.0. The minimum atomic E-state index is -0.387. The number of ether oxygens (including phenoxy) is 1. The zero-order valence-corrected chi connectivity index (χ0v) is 12.0. The number of aliphatic hydroxyl groups excluding tert-OH is 1. The van der Waals surface area contributed by atoms with E-state index in [0.29, 0.717) is 4.88 Å². The van der Waals surface area contributed by atoms with Gasteiger partial charge in [-0.25, -0.2) is 0 Å². The van der Waals surface area contributed by atoms with E-state index in [0.717, 1.165) is 15.9 Å². The Morgan fingerprint density at radius 3 is 3.00 bits per heavy atom. The second-order valence-corrected chi connectivity index (χ2v) is 5.38. The molecule has 0 bridgehead atoms. The van der Waals surface area contributed by atoms with Crippen molar-refractivity contribution in [3.63, 3.8) is 0 Å². The van der Waals surface area contributed by atoms with Gasteiger partial charge in [0.25, 0.3) is 5.91 Å². The van der Waals surface area contributed by atoms with Crippen molar-refractivity contribution in [2.24, 2.45) is 7.05 Å². The Morgan fingerprint density at radius 1 is 1.68 bits per heavy atom. The lowest BCUT2D eigenvalue weighted by atomic mass is 10.3. The summed E-state index contributed by atoms with van der Waals surface area (Å²) in [6.07, 6.45) is 0. The van der Waals surface area contributed by atoms with Crippen LogP contribution >= 0.6 is 11.3 Å². The lowest BCUT2D eigenvalue weighted by molar-refractivity contribution is 0.0843. The van der Waals surface area contributed by atoms with Gasteiger partial charge >= 0.3 is 0 Å². The smallest absolute Gasteiger partial charge is 0.261 e. The molecular formula is C12H17N3O3S. The Labute approximate surface area is 115 Å². The number of hydrogen-bond acceptors (Lipinski definition) is 5. The lowest BCUT2D eigenvalue weighted by Crippen LogP contribution is -2.40. The van der Waals surface area contributed by atoms with Crippen molar-refractivity contribution >= 4 is 27.5 Å². The molecule has 0 aliphatic carbocycles. The summed E-state index contributed by atoms with van der Waals surface area (Å²) in [5.74, 6) is -0.197. The van der Waals surface area contributed by atoms with Gasteiger partial charge in [0.1, 0.15) is 4.83 Å². The fourth-order valence-corrected chi connectivity index (χ4v) is 2.94. The maximum absolute atomic E-state index is 12.1. The second-order valence-electron chi connectivity index (χ2n) is 4.35. The second kappa shape index (κ2) is 5.68. The highest BCUT2D eigenvalue weighted by Crippen LogP contribution is 2.27. The molecular weight excluding hydrogens is 266 g/mol. The van der Waals surface area contributed by atoms with Gasteiger partial charge in [0.15, 0.2) is 0 Å². The average molecular weight is 283 g/mol. The van der Waals surface area contributed by atoms with E-state index in [1.54, 1.807) is 4.68 Å². The number of methoxy groups -OCH3 is 1. The lowest BCUT2D eigenvalue weighted by Gasteiger charge is -2.14. The van der Waals surface area contributed by atoms with Crippen LogP contribution in [0.5, 0.6) is 0 Å². The van der Waals surface area contributed by atoms with Gasteiger partial charge in [0.2, 0.25) is 0 Å². The standard InChI is InChI=1S/C12H17N3O3S/c1-7-9-4-10(19-12(9)15(2)14-7)11(17)13-8(5-16)6-18-3/h4,8,16H,5-6H2,1-3H3,(H,13,17). The van der Waals surface area contributed by atoms with Crippen LogP contribution in [0.4, 0.5) is 0 Å². The molecule has 104 valence electrons. The molecule has 7 heteroatoms. The van der Waals surface area contributed by atoms with Gasteiger partial charge in [-0.2, -0.15) is 5.10 Å². The summed E-state index contributed by atoms with van der Waals surface area (Å²) in [4.78, 5) is 13.7. The Morgan fingerprint density at radius 2 is 2.42 bits per heavy atom. The van der Waals surface area contributed by atoms with Crippen molar-refractivity contribution in [2.45, 2.75) is 13.0 Å². The number of nitrogens with zero attached hydrogens (tertiary/aromatic N) is 2. The first-order valence-electron chi connectivity index (χ1n) is 5.90. The monoisotopic (exact) mass is 283 g/mol. The molecule has 6 nitrogen and oxygen atoms in total. The van der Waals surface area contributed by atoms with Crippen molar-refractivity contribution in [3.8, 4) is 0 Å². The number of aryl methyl sites for hydroxylation is 2.